The van der Waals surface area contributed by atoms with Crippen molar-refractivity contribution in [3.8, 4) is 0 Å². The van der Waals surface area contributed by atoms with Crippen LogP contribution in [-0.4, -0.2) is 9.78 Å². The van der Waals surface area contributed by atoms with Gasteiger partial charge in [-0.1, -0.05) is 15.9 Å². The number of hydrogen-bond donors (Lipinski definition) is 1. The Kier molecular flexibility index (Phi) is 2.73. The van der Waals surface area contributed by atoms with Gasteiger partial charge in [-0.25, -0.2) is 4.39 Å². The third-order valence-corrected chi connectivity index (χ3v) is 2.38. The third kappa shape index (κ3) is 2.56. The fourth-order valence-corrected chi connectivity index (χ4v) is 1.87. The van der Waals surface area contributed by atoms with Gasteiger partial charge in [0, 0.05) is 10.7 Å². The first-order valence-electron chi connectivity index (χ1n) is 4.36. The molecule has 2 rings (SSSR count). The first-order valence-corrected chi connectivity index (χ1v) is 5.16. The zero-order chi connectivity index (χ0) is 10.8. The quantitative estimate of drug-likeness (QED) is 0.910. The molecule has 0 atom stereocenters. The fourth-order valence-electron chi connectivity index (χ4n) is 1.36. The molecule has 0 saturated carbocycles. The van der Waals surface area contributed by atoms with Crippen molar-refractivity contribution in [2.45, 2.75) is 6.54 Å². The third-order valence-electron chi connectivity index (χ3n) is 1.92. The zero-order valence-corrected chi connectivity index (χ0v) is 9.41. The Bertz CT molecular complexity index is 461. The molecule has 0 radical (unpaired) electrons. The highest BCUT2D eigenvalue weighted by Crippen LogP contribution is 2.15. The van der Waals surface area contributed by atoms with Crippen LogP contribution in [0.15, 0.2) is 35.1 Å². The molecular weight excluding hydrogens is 261 g/mol. The molecule has 0 saturated heterocycles. The van der Waals surface area contributed by atoms with Gasteiger partial charge >= 0.3 is 0 Å². The zero-order valence-electron chi connectivity index (χ0n) is 7.82. The van der Waals surface area contributed by atoms with Crippen molar-refractivity contribution in [3.63, 3.8) is 0 Å². The van der Waals surface area contributed by atoms with E-state index in [4.69, 9.17) is 5.73 Å². The van der Waals surface area contributed by atoms with E-state index >= 15 is 0 Å². The predicted molar refractivity (Wildman–Crippen MR) is 59.8 cm³/mol. The second-order valence-corrected chi connectivity index (χ2v) is 4.16. The summed E-state index contributed by atoms with van der Waals surface area (Å²) in [6.45, 7) is 0.507. The van der Waals surface area contributed by atoms with Crippen molar-refractivity contribution < 1.29 is 4.39 Å². The monoisotopic (exact) mass is 269 g/mol. The SMILES string of the molecule is Nc1cnn(Cc2cc(F)cc(Br)c2)c1. The number of rotatable bonds is 2. The van der Waals surface area contributed by atoms with Gasteiger partial charge in [0.1, 0.15) is 5.82 Å². The van der Waals surface area contributed by atoms with E-state index in [2.05, 4.69) is 21.0 Å². The Balaban J connectivity index is 2.24. The Morgan fingerprint density at radius 2 is 2.20 bits per heavy atom. The molecule has 1 heterocycles. The van der Waals surface area contributed by atoms with E-state index < -0.39 is 0 Å². The standard InChI is InChI=1S/C10H9BrFN3/c11-8-1-7(2-9(12)3-8)5-15-6-10(13)4-14-15/h1-4,6H,5,13H2. The van der Waals surface area contributed by atoms with Crippen LogP contribution in [0.5, 0.6) is 0 Å². The second-order valence-electron chi connectivity index (χ2n) is 3.25. The average molecular weight is 270 g/mol. The van der Waals surface area contributed by atoms with Crippen LogP contribution in [-0.2, 0) is 6.54 Å². The van der Waals surface area contributed by atoms with Crippen LogP contribution >= 0.6 is 15.9 Å². The molecule has 0 fully saturated rings. The summed E-state index contributed by atoms with van der Waals surface area (Å²) in [7, 11) is 0. The summed E-state index contributed by atoms with van der Waals surface area (Å²) in [5.41, 5.74) is 6.97. The van der Waals surface area contributed by atoms with Gasteiger partial charge in [-0.05, 0) is 23.8 Å². The van der Waals surface area contributed by atoms with Gasteiger partial charge in [0.2, 0.25) is 0 Å². The Hall–Kier alpha value is -1.36. The number of benzene rings is 1. The predicted octanol–water partition coefficient (Wildman–Crippen LogP) is 2.42. The van der Waals surface area contributed by atoms with E-state index in [0.717, 1.165) is 10.0 Å². The van der Waals surface area contributed by atoms with Gasteiger partial charge < -0.3 is 5.73 Å². The first kappa shape index (κ1) is 10.2. The molecule has 0 aliphatic carbocycles. The lowest BCUT2D eigenvalue weighted by molar-refractivity contribution is 0.618. The normalized spacial score (nSPS) is 10.5. The molecule has 0 bridgehead atoms. The Morgan fingerprint density at radius 1 is 1.40 bits per heavy atom. The highest BCUT2D eigenvalue weighted by molar-refractivity contribution is 9.10. The summed E-state index contributed by atoms with van der Waals surface area (Å²) in [5.74, 6) is -0.264. The van der Waals surface area contributed by atoms with E-state index in [-0.39, 0.29) is 5.82 Å². The van der Waals surface area contributed by atoms with Crippen LogP contribution in [0.2, 0.25) is 0 Å². The first-order chi connectivity index (χ1) is 7.13. The summed E-state index contributed by atoms with van der Waals surface area (Å²) in [6.07, 6.45) is 3.27. The van der Waals surface area contributed by atoms with Crippen LogP contribution < -0.4 is 5.73 Å². The molecule has 2 N–H and O–H groups in total. The Morgan fingerprint density at radius 3 is 2.80 bits per heavy atom. The molecule has 0 aliphatic rings. The van der Waals surface area contributed by atoms with E-state index in [1.807, 2.05) is 6.07 Å². The lowest BCUT2D eigenvalue weighted by Gasteiger charge is -2.02. The molecule has 0 amide bonds. The summed E-state index contributed by atoms with van der Waals surface area (Å²) < 4.78 is 15.4. The van der Waals surface area contributed by atoms with Crippen LogP contribution in [0.25, 0.3) is 0 Å². The number of nitrogens with zero attached hydrogens (tertiary/aromatic N) is 2. The van der Waals surface area contributed by atoms with Crippen molar-refractivity contribution >= 4 is 21.6 Å². The van der Waals surface area contributed by atoms with Crippen molar-refractivity contribution in [2.75, 3.05) is 5.73 Å². The lowest BCUT2D eigenvalue weighted by atomic mass is 10.2. The van der Waals surface area contributed by atoms with E-state index in [0.29, 0.717) is 12.2 Å². The molecule has 1 aromatic heterocycles. The molecule has 5 heteroatoms. The van der Waals surface area contributed by atoms with Crippen molar-refractivity contribution in [2.24, 2.45) is 0 Å². The largest absolute Gasteiger partial charge is 0.396 e. The molecule has 1 aromatic carbocycles. The molecular formula is C10H9BrFN3. The van der Waals surface area contributed by atoms with Gasteiger partial charge in [-0.2, -0.15) is 5.10 Å². The lowest BCUT2D eigenvalue weighted by Crippen LogP contribution is -2.00. The van der Waals surface area contributed by atoms with Crippen molar-refractivity contribution in [1.29, 1.82) is 0 Å². The summed E-state index contributed by atoms with van der Waals surface area (Å²) in [5, 5.41) is 4.02. The summed E-state index contributed by atoms with van der Waals surface area (Å²) in [6, 6.07) is 4.74. The van der Waals surface area contributed by atoms with Gasteiger partial charge in [0.25, 0.3) is 0 Å². The molecule has 0 aliphatic heterocycles. The topological polar surface area (TPSA) is 43.8 Å². The smallest absolute Gasteiger partial charge is 0.124 e. The Labute approximate surface area is 94.8 Å². The van der Waals surface area contributed by atoms with Gasteiger partial charge in [-0.15, -0.1) is 0 Å². The van der Waals surface area contributed by atoms with Gasteiger partial charge in [-0.3, -0.25) is 4.68 Å². The van der Waals surface area contributed by atoms with Crippen molar-refractivity contribution in [1.82, 2.24) is 9.78 Å². The maximum atomic E-state index is 13.1. The average Bonchev–Trinajstić information content (AvgIpc) is 2.49. The highest BCUT2D eigenvalue weighted by atomic mass is 79.9. The number of nitrogens with two attached hydrogens (primary N) is 1. The van der Waals surface area contributed by atoms with Crippen molar-refractivity contribution in [3.05, 3.63) is 46.4 Å². The maximum absolute atomic E-state index is 13.1. The molecule has 3 nitrogen and oxygen atoms in total. The van der Waals surface area contributed by atoms with Crippen LogP contribution in [0.3, 0.4) is 0 Å². The maximum Gasteiger partial charge on any atom is 0.124 e. The van der Waals surface area contributed by atoms with Crippen LogP contribution in [0.1, 0.15) is 5.56 Å². The van der Waals surface area contributed by atoms with E-state index in [1.165, 1.54) is 12.1 Å². The minimum atomic E-state index is -0.264. The molecule has 2 aromatic rings. The summed E-state index contributed by atoms with van der Waals surface area (Å²) in [4.78, 5) is 0. The molecule has 78 valence electrons. The molecule has 15 heavy (non-hydrogen) atoms. The number of anilines is 1. The van der Waals surface area contributed by atoms with Crippen LogP contribution in [0.4, 0.5) is 10.1 Å². The minimum Gasteiger partial charge on any atom is -0.396 e. The molecule has 0 unspecified atom stereocenters. The second kappa shape index (κ2) is 4.02. The number of aromatic nitrogens is 2. The molecule has 0 spiro atoms. The van der Waals surface area contributed by atoms with Gasteiger partial charge in [0.15, 0.2) is 0 Å². The highest BCUT2D eigenvalue weighted by Gasteiger charge is 2.01. The minimum absolute atomic E-state index is 0.264. The number of nitrogen functional groups attached to an aromatic ring is 1. The number of hydrogen-bond acceptors (Lipinski definition) is 2. The number of halogens is 2. The van der Waals surface area contributed by atoms with Crippen LogP contribution in [0, 0.1) is 5.82 Å². The summed E-state index contributed by atoms with van der Waals surface area (Å²) >= 11 is 3.24. The van der Waals surface area contributed by atoms with Gasteiger partial charge in [0.05, 0.1) is 18.4 Å². The van der Waals surface area contributed by atoms with E-state index in [1.54, 1.807) is 17.1 Å². The fraction of sp³-hybridized carbons (Fsp3) is 0.100. The van der Waals surface area contributed by atoms with E-state index in [9.17, 15) is 4.39 Å².